The molecule has 2 unspecified atom stereocenters. The van der Waals surface area contributed by atoms with E-state index in [1.54, 1.807) is 0 Å². The van der Waals surface area contributed by atoms with E-state index in [1.165, 1.54) is 22.4 Å². The molecule has 0 aromatic heterocycles. The van der Waals surface area contributed by atoms with Crippen LogP contribution in [0.3, 0.4) is 0 Å². The van der Waals surface area contributed by atoms with E-state index in [4.69, 9.17) is 0 Å². The topological polar surface area (TPSA) is 47.6 Å². The zero-order chi connectivity index (χ0) is 18.8. The maximum absolute atomic E-state index is 12.9. The van der Waals surface area contributed by atoms with Gasteiger partial charge in [-0.15, -0.1) is 0 Å². The number of carbonyl (C=O) groups excluding carboxylic acids is 1. The van der Waals surface area contributed by atoms with Crippen LogP contribution in [-0.4, -0.2) is 43.0 Å². The van der Waals surface area contributed by atoms with E-state index in [2.05, 4.69) is 59.9 Å². The Kier molecular flexibility index (Phi) is 5.14. The maximum Gasteiger partial charge on any atom is 0.241 e. The van der Waals surface area contributed by atoms with Crippen molar-refractivity contribution in [1.82, 2.24) is 15.8 Å². The Labute approximate surface area is 161 Å². The number of nitrogens with zero attached hydrogens (tertiary/aromatic N) is 2. The third-order valence-electron chi connectivity index (χ3n) is 5.69. The van der Waals surface area contributed by atoms with E-state index < -0.39 is 0 Å². The van der Waals surface area contributed by atoms with E-state index in [9.17, 15) is 4.79 Å². The number of rotatable bonds is 3. The molecule has 5 heteroatoms. The van der Waals surface area contributed by atoms with Crippen LogP contribution in [0.5, 0.6) is 0 Å². The van der Waals surface area contributed by atoms with Crippen LogP contribution >= 0.6 is 0 Å². The number of nitrogens with one attached hydrogen (secondary N) is 2. The van der Waals surface area contributed by atoms with E-state index in [0.717, 1.165) is 32.6 Å². The van der Waals surface area contributed by atoms with Crippen molar-refractivity contribution >= 4 is 11.6 Å². The molecule has 0 aliphatic carbocycles. The average molecular weight is 364 g/mol. The summed E-state index contributed by atoms with van der Waals surface area (Å²) in [5.74, 6) is 0.209. The van der Waals surface area contributed by atoms with Gasteiger partial charge in [0.2, 0.25) is 5.91 Å². The lowest BCUT2D eigenvalue weighted by atomic mass is 10.0. The van der Waals surface area contributed by atoms with Crippen molar-refractivity contribution in [3.05, 3.63) is 65.2 Å². The molecule has 2 heterocycles. The fraction of sp³-hybridized carbons (Fsp3) is 0.409. The smallest absolute Gasteiger partial charge is 0.241 e. The number of anilines is 1. The molecule has 1 amide bonds. The molecular weight excluding hydrogens is 336 g/mol. The zero-order valence-corrected chi connectivity index (χ0v) is 16.1. The first-order valence-corrected chi connectivity index (χ1v) is 9.79. The van der Waals surface area contributed by atoms with Crippen molar-refractivity contribution in [2.45, 2.75) is 32.4 Å². The van der Waals surface area contributed by atoms with Gasteiger partial charge in [0.25, 0.3) is 0 Å². The lowest BCUT2D eigenvalue weighted by Crippen LogP contribution is -2.53. The summed E-state index contributed by atoms with van der Waals surface area (Å²) in [6, 6.07) is 16.9. The number of carbonyl (C=O) groups is 1. The Hall–Kier alpha value is -2.37. The first-order valence-electron chi connectivity index (χ1n) is 9.79. The Bertz CT molecular complexity index is 799. The van der Waals surface area contributed by atoms with Crippen molar-refractivity contribution in [2.24, 2.45) is 0 Å². The standard InChI is InChI=1S/C22H28N4O/c1-16-8-9-21(17(2)14-16)25-10-12-26(13-11-25)22(27)20-15-19(23-24-20)18-6-4-3-5-7-18/h3-9,14,19-20,23-24H,10-13,15H2,1-2H3. The SMILES string of the molecule is Cc1ccc(N2CCN(C(=O)C3CC(c4ccccc4)NN3)CC2)c(C)c1. The van der Waals surface area contributed by atoms with Crippen LogP contribution in [0.25, 0.3) is 0 Å². The molecular formula is C22H28N4O. The van der Waals surface area contributed by atoms with Gasteiger partial charge in [0.15, 0.2) is 0 Å². The van der Waals surface area contributed by atoms with Gasteiger partial charge in [-0.2, -0.15) is 0 Å². The molecule has 2 aromatic rings. The molecule has 2 aliphatic heterocycles. The molecule has 142 valence electrons. The van der Waals surface area contributed by atoms with E-state index >= 15 is 0 Å². The highest BCUT2D eigenvalue weighted by Crippen LogP contribution is 2.25. The van der Waals surface area contributed by atoms with Crippen molar-refractivity contribution in [1.29, 1.82) is 0 Å². The summed E-state index contributed by atoms with van der Waals surface area (Å²) in [7, 11) is 0. The minimum absolute atomic E-state index is 0.150. The fourth-order valence-corrected chi connectivity index (χ4v) is 4.17. The third kappa shape index (κ3) is 3.84. The van der Waals surface area contributed by atoms with Gasteiger partial charge in [-0.05, 0) is 37.5 Å². The highest BCUT2D eigenvalue weighted by Gasteiger charge is 2.34. The predicted octanol–water partition coefficient (Wildman–Crippen LogP) is 2.56. The minimum atomic E-state index is -0.150. The number of hydrazine groups is 1. The molecule has 27 heavy (non-hydrogen) atoms. The van der Waals surface area contributed by atoms with Gasteiger partial charge < -0.3 is 9.80 Å². The van der Waals surface area contributed by atoms with Crippen LogP contribution in [0.15, 0.2) is 48.5 Å². The van der Waals surface area contributed by atoms with E-state index in [1.807, 2.05) is 23.1 Å². The second kappa shape index (κ2) is 7.71. The molecule has 2 aliphatic rings. The molecule has 2 N–H and O–H groups in total. The van der Waals surface area contributed by atoms with Gasteiger partial charge in [-0.1, -0.05) is 48.0 Å². The number of benzene rings is 2. The Morgan fingerprint density at radius 2 is 1.70 bits per heavy atom. The van der Waals surface area contributed by atoms with Crippen LogP contribution in [0.2, 0.25) is 0 Å². The van der Waals surface area contributed by atoms with Crippen molar-refractivity contribution in [2.75, 3.05) is 31.1 Å². The Balaban J connectivity index is 1.34. The quantitative estimate of drug-likeness (QED) is 0.879. The third-order valence-corrected chi connectivity index (χ3v) is 5.69. The monoisotopic (exact) mass is 364 g/mol. The van der Waals surface area contributed by atoms with Gasteiger partial charge in [-0.25, -0.2) is 10.9 Å². The fourth-order valence-electron chi connectivity index (χ4n) is 4.17. The van der Waals surface area contributed by atoms with Crippen molar-refractivity contribution in [3.8, 4) is 0 Å². The van der Waals surface area contributed by atoms with Crippen molar-refractivity contribution in [3.63, 3.8) is 0 Å². The van der Waals surface area contributed by atoms with Crippen LogP contribution in [-0.2, 0) is 4.79 Å². The molecule has 0 radical (unpaired) electrons. The molecule has 4 rings (SSSR count). The van der Waals surface area contributed by atoms with Gasteiger partial charge >= 0.3 is 0 Å². The first-order chi connectivity index (χ1) is 13.1. The molecule has 5 nitrogen and oxygen atoms in total. The van der Waals surface area contributed by atoms with Gasteiger partial charge in [0.05, 0.1) is 0 Å². The molecule has 0 saturated carbocycles. The lowest BCUT2D eigenvalue weighted by Gasteiger charge is -2.37. The summed E-state index contributed by atoms with van der Waals surface area (Å²) in [5, 5.41) is 0. The van der Waals surface area contributed by atoms with Crippen LogP contribution in [0, 0.1) is 13.8 Å². The zero-order valence-electron chi connectivity index (χ0n) is 16.1. The molecule has 0 spiro atoms. The highest BCUT2D eigenvalue weighted by atomic mass is 16.2. The largest absolute Gasteiger partial charge is 0.368 e. The van der Waals surface area contributed by atoms with Gasteiger partial charge in [-0.3, -0.25) is 4.79 Å². The second-order valence-corrected chi connectivity index (χ2v) is 7.64. The summed E-state index contributed by atoms with van der Waals surface area (Å²) in [6.07, 6.45) is 0.792. The molecule has 2 atom stereocenters. The highest BCUT2D eigenvalue weighted by molar-refractivity contribution is 5.82. The van der Waals surface area contributed by atoms with Crippen LogP contribution in [0.4, 0.5) is 5.69 Å². The van der Waals surface area contributed by atoms with Gasteiger partial charge in [0, 0.05) is 37.9 Å². The normalized spacial score (nSPS) is 22.9. The number of hydrogen-bond donors (Lipinski definition) is 2. The first kappa shape index (κ1) is 18.0. The second-order valence-electron chi connectivity index (χ2n) is 7.64. The van der Waals surface area contributed by atoms with Crippen LogP contribution < -0.4 is 15.8 Å². The minimum Gasteiger partial charge on any atom is -0.368 e. The number of hydrogen-bond acceptors (Lipinski definition) is 4. The summed E-state index contributed by atoms with van der Waals surface area (Å²) >= 11 is 0. The number of piperazine rings is 1. The van der Waals surface area contributed by atoms with E-state index in [0.29, 0.717) is 0 Å². The van der Waals surface area contributed by atoms with E-state index in [-0.39, 0.29) is 18.0 Å². The van der Waals surface area contributed by atoms with Crippen molar-refractivity contribution < 1.29 is 4.79 Å². The summed E-state index contributed by atoms with van der Waals surface area (Å²) in [6.45, 7) is 7.62. The number of amides is 1. The average Bonchev–Trinajstić information content (AvgIpc) is 3.19. The summed E-state index contributed by atoms with van der Waals surface area (Å²) in [5.41, 5.74) is 11.6. The number of aryl methyl sites for hydroxylation is 2. The van der Waals surface area contributed by atoms with Gasteiger partial charge in [0.1, 0.15) is 6.04 Å². The predicted molar refractivity (Wildman–Crippen MR) is 109 cm³/mol. The molecule has 2 aromatic carbocycles. The molecule has 0 bridgehead atoms. The molecule has 2 fully saturated rings. The summed E-state index contributed by atoms with van der Waals surface area (Å²) < 4.78 is 0. The Morgan fingerprint density at radius 1 is 0.963 bits per heavy atom. The van der Waals surface area contributed by atoms with Crippen LogP contribution in [0.1, 0.15) is 29.2 Å². The Morgan fingerprint density at radius 3 is 2.41 bits per heavy atom. The lowest BCUT2D eigenvalue weighted by molar-refractivity contribution is -0.133. The molecule has 2 saturated heterocycles. The summed E-state index contributed by atoms with van der Waals surface area (Å²) in [4.78, 5) is 17.3. The maximum atomic E-state index is 12.9.